The second-order valence-electron chi connectivity index (χ2n) is 3.70. The summed E-state index contributed by atoms with van der Waals surface area (Å²) in [6.45, 7) is 4.20. The molecule has 0 spiro atoms. The number of anilines is 2. The van der Waals surface area contributed by atoms with E-state index in [0.717, 1.165) is 16.3 Å². The Balaban J connectivity index is 2.36. The summed E-state index contributed by atoms with van der Waals surface area (Å²) in [6.07, 6.45) is 0. The second-order valence-corrected chi connectivity index (χ2v) is 4.41. The van der Waals surface area contributed by atoms with Gasteiger partial charge in [-0.15, -0.1) is 0 Å². The van der Waals surface area contributed by atoms with E-state index in [2.05, 4.69) is 30.5 Å². The van der Waals surface area contributed by atoms with Gasteiger partial charge < -0.3 is 10.6 Å². The molecule has 1 aliphatic rings. The average molecular weight is 195 g/mol. The van der Waals surface area contributed by atoms with Gasteiger partial charge in [0.1, 0.15) is 5.66 Å². The van der Waals surface area contributed by atoms with E-state index in [1.807, 2.05) is 12.1 Å². The Morgan fingerprint density at radius 1 is 1.23 bits per heavy atom. The summed E-state index contributed by atoms with van der Waals surface area (Å²) in [5, 5.41) is 12.2. The summed E-state index contributed by atoms with van der Waals surface area (Å²) in [4.78, 5) is 1.07. The van der Waals surface area contributed by atoms with Gasteiger partial charge in [0.2, 0.25) is 0 Å². The number of fused-ring (bicyclic) bond motifs is 1. The first-order chi connectivity index (χ1) is 6.11. The minimum atomic E-state index is -0.0553. The van der Waals surface area contributed by atoms with Gasteiger partial charge in [0.25, 0.3) is 0 Å². The first-order valence-electron chi connectivity index (χ1n) is 4.18. The average Bonchev–Trinajstić information content (AvgIpc) is 2.36. The molecular weight excluding hydrogens is 182 g/mol. The number of hydrogen-bond acceptors (Lipinski definition) is 4. The minimum absolute atomic E-state index is 0.0553. The molecule has 1 heterocycles. The molecule has 0 aliphatic carbocycles. The zero-order valence-corrected chi connectivity index (χ0v) is 8.53. The SMILES string of the molecule is CC1(C)Nc2ccc(SN)cc2N1. The van der Waals surface area contributed by atoms with Crippen molar-refractivity contribution in [3.05, 3.63) is 18.2 Å². The number of benzene rings is 1. The van der Waals surface area contributed by atoms with E-state index in [9.17, 15) is 0 Å². The van der Waals surface area contributed by atoms with Gasteiger partial charge in [0.15, 0.2) is 0 Å². The van der Waals surface area contributed by atoms with Crippen LogP contribution in [-0.4, -0.2) is 5.66 Å². The van der Waals surface area contributed by atoms with Crippen molar-refractivity contribution < 1.29 is 0 Å². The van der Waals surface area contributed by atoms with Gasteiger partial charge in [0, 0.05) is 4.90 Å². The summed E-state index contributed by atoms with van der Waals surface area (Å²) in [7, 11) is 0. The maximum atomic E-state index is 5.48. The van der Waals surface area contributed by atoms with Gasteiger partial charge in [0.05, 0.1) is 11.4 Å². The van der Waals surface area contributed by atoms with Crippen LogP contribution in [0.5, 0.6) is 0 Å². The van der Waals surface area contributed by atoms with Gasteiger partial charge in [-0.2, -0.15) is 0 Å². The molecule has 3 nitrogen and oxygen atoms in total. The quantitative estimate of drug-likeness (QED) is 0.601. The molecule has 0 radical (unpaired) electrons. The lowest BCUT2D eigenvalue weighted by atomic mass is 10.3. The minimum Gasteiger partial charge on any atom is -0.362 e. The molecule has 0 unspecified atom stereocenters. The molecule has 2 rings (SSSR count). The molecule has 0 atom stereocenters. The van der Waals surface area contributed by atoms with Crippen molar-refractivity contribution >= 4 is 23.3 Å². The number of nitrogens with two attached hydrogens (primary N) is 1. The second kappa shape index (κ2) is 2.82. The molecule has 1 aromatic carbocycles. The van der Waals surface area contributed by atoms with Crippen LogP contribution in [-0.2, 0) is 0 Å². The zero-order chi connectivity index (χ0) is 9.47. The highest BCUT2D eigenvalue weighted by atomic mass is 32.2. The van der Waals surface area contributed by atoms with E-state index < -0.39 is 0 Å². The molecule has 0 aromatic heterocycles. The third kappa shape index (κ3) is 1.59. The highest BCUT2D eigenvalue weighted by Gasteiger charge is 2.25. The van der Waals surface area contributed by atoms with E-state index in [1.165, 1.54) is 11.9 Å². The lowest BCUT2D eigenvalue weighted by molar-refractivity contribution is 0.675. The third-order valence-corrected chi connectivity index (χ3v) is 2.55. The van der Waals surface area contributed by atoms with Gasteiger partial charge in [-0.25, -0.2) is 0 Å². The van der Waals surface area contributed by atoms with Crippen LogP contribution in [0.2, 0.25) is 0 Å². The summed E-state index contributed by atoms with van der Waals surface area (Å²) < 4.78 is 0. The molecule has 4 N–H and O–H groups in total. The predicted molar refractivity (Wildman–Crippen MR) is 57.8 cm³/mol. The lowest BCUT2D eigenvalue weighted by Gasteiger charge is -2.19. The van der Waals surface area contributed by atoms with Gasteiger partial charge in [-0.3, -0.25) is 5.14 Å². The number of nitrogens with one attached hydrogen (secondary N) is 2. The van der Waals surface area contributed by atoms with E-state index in [-0.39, 0.29) is 5.66 Å². The molecule has 13 heavy (non-hydrogen) atoms. The van der Waals surface area contributed by atoms with Crippen molar-refractivity contribution in [3.8, 4) is 0 Å². The normalized spacial score (nSPS) is 17.5. The lowest BCUT2D eigenvalue weighted by Crippen LogP contribution is -2.33. The smallest absolute Gasteiger partial charge is 0.102 e. The van der Waals surface area contributed by atoms with Crippen molar-refractivity contribution in [3.63, 3.8) is 0 Å². The highest BCUT2D eigenvalue weighted by molar-refractivity contribution is 7.97. The van der Waals surface area contributed by atoms with E-state index in [0.29, 0.717) is 0 Å². The van der Waals surface area contributed by atoms with E-state index in [4.69, 9.17) is 5.14 Å². The Bertz CT molecular complexity index is 336. The molecular formula is C9H13N3S. The fraction of sp³-hybridized carbons (Fsp3) is 0.333. The van der Waals surface area contributed by atoms with Crippen LogP contribution < -0.4 is 15.8 Å². The summed E-state index contributed by atoms with van der Waals surface area (Å²) in [5.41, 5.74) is 2.21. The third-order valence-electron chi connectivity index (χ3n) is 2.02. The maximum absolute atomic E-state index is 5.48. The van der Waals surface area contributed by atoms with Crippen molar-refractivity contribution in [2.24, 2.45) is 5.14 Å². The van der Waals surface area contributed by atoms with Crippen molar-refractivity contribution in [1.29, 1.82) is 0 Å². The number of hydrogen-bond donors (Lipinski definition) is 3. The van der Waals surface area contributed by atoms with Crippen LogP contribution in [0.3, 0.4) is 0 Å². The molecule has 0 saturated heterocycles. The summed E-state index contributed by atoms with van der Waals surface area (Å²) >= 11 is 1.27. The molecule has 1 aromatic rings. The summed E-state index contributed by atoms with van der Waals surface area (Å²) in [6, 6.07) is 6.12. The standard InChI is InChI=1S/C9H13N3S/c1-9(2)11-7-4-3-6(13-10)5-8(7)12-9/h3-5,11-12H,10H2,1-2H3. The van der Waals surface area contributed by atoms with E-state index >= 15 is 0 Å². The van der Waals surface area contributed by atoms with Crippen LogP contribution in [0.15, 0.2) is 23.1 Å². The predicted octanol–water partition coefficient (Wildman–Crippen LogP) is 2.23. The van der Waals surface area contributed by atoms with Gasteiger partial charge in [-0.1, -0.05) is 0 Å². The van der Waals surface area contributed by atoms with Crippen molar-refractivity contribution in [2.75, 3.05) is 10.6 Å². The fourth-order valence-corrected chi connectivity index (χ4v) is 1.85. The first-order valence-corrected chi connectivity index (χ1v) is 5.06. The monoisotopic (exact) mass is 195 g/mol. The topological polar surface area (TPSA) is 50.1 Å². The van der Waals surface area contributed by atoms with E-state index in [1.54, 1.807) is 0 Å². The summed E-state index contributed by atoms with van der Waals surface area (Å²) in [5.74, 6) is 0. The molecule has 4 heteroatoms. The molecule has 0 amide bonds. The van der Waals surface area contributed by atoms with Crippen LogP contribution in [0.1, 0.15) is 13.8 Å². The van der Waals surface area contributed by atoms with Crippen molar-refractivity contribution in [1.82, 2.24) is 0 Å². The maximum Gasteiger partial charge on any atom is 0.102 e. The molecule has 0 bridgehead atoms. The molecule has 70 valence electrons. The van der Waals surface area contributed by atoms with Crippen LogP contribution in [0, 0.1) is 0 Å². The first kappa shape index (κ1) is 8.72. The van der Waals surface area contributed by atoms with Gasteiger partial charge in [-0.05, 0) is 44.0 Å². The van der Waals surface area contributed by atoms with Gasteiger partial charge >= 0.3 is 0 Å². The Hall–Kier alpha value is -0.870. The molecule has 0 saturated carbocycles. The number of rotatable bonds is 1. The Kier molecular flexibility index (Phi) is 1.89. The van der Waals surface area contributed by atoms with Crippen molar-refractivity contribution in [2.45, 2.75) is 24.4 Å². The molecule has 0 fully saturated rings. The largest absolute Gasteiger partial charge is 0.362 e. The zero-order valence-electron chi connectivity index (χ0n) is 7.72. The van der Waals surface area contributed by atoms with Crippen LogP contribution in [0.25, 0.3) is 0 Å². The molecule has 1 aliphatic heterocycles. The fourth-order valence-electron chi connectivity index (χ4n) is 1.51. The Labute approximate surface area is 82.2 Å². The van der Waals surface area contributed by atoms with Crippen LogP contribution >= 0.6 is 11.9 Å². The Morgan fingerprint density at radius 3 is 2.62 bits per heavy atom. The highest BCUT2D eigenvalue weighted by Crippen LogP contribution is 2.35. The van der Waals surface area contributed by atoms with Crippen LogP contribution in [0.4, 0.5) is 11.4 Å². The Morgan fingerprint density at radius 2 is 1.92 bits per heavy atom.